The first-order valence-electron chi connectivity index (χ1n) is 9.48. The molecule has 0 unspecified atom stereocenters. The number of carbonyl (C=O) groups excluding carboxylic acids is 2. The Balaban J connectivity index is 1.48. The first kappa shape index (κ1) is 19.3. The van der Waals surface area contributed by atoms with Gasteiger partial charge in [0.2, 0.25) is 0 Å². The van der Waals surface area contributed by atoms with Crippen LogP contribution in [0.5, 0.6) is 11.5 Å². The van der Waals surface area contributed by atoms with E-state index < -0.39 is 5.60 Å². The Morgan fingerprint density at radius 3 is 2.59 bits per heavy atom. The normalized spacial score (nSPS) is 17.4. The number of carbonyl (C=O) groups is 2. The van der Waals surface area contributed by atoms with E-state index in [9.17, 15) is 9.59 Å². The zero-order chi connectivity index (χ0) is 19.4. The highest BCUT2D eigenvalue weighted by atomic mass is 16.6. The molecule has 2 heterocycles. The van der Waals surface area contributed by atoms with E-state index in [0.29, 0.717) is 55.8 Å². The van der Waals surface area contributed by atoms with Crippen LogP contribution in [-0.2, 0) is 4.74 Å². The Labute approximate surface area is 160 Å². The molecule has 2 aliphatic rings. The predicted molar refractivity (Wildman–Crippen MR) is 100 cm³/mol. The quantitative estimate of drug-likeness (QED) is 0.878. The van der Waals surface area contributed by atoms with Crippen LogP contribution < -0.4 is 14.8 Å². The van der Waals surface area contributed by atoms with Crippen molar-refractivity contribution in [2.24, 2.45) is 5.92 Å². The van der Waals surface area contributed by atoms with Crippen LogP contribution in [0.2, 0.25) is 0 Å². The smallest absolute Gasteiger partial charge is 0.410 e. The molecule has 0 bridgehead atoms. The SMILES string of the molecule is CC(C)(C)OC(=O)N1CCC(CNC(=O)c2cccc3c2OCCO3)CC1. The lowest BCUT2D eigenvalue weighted by atomic mass is 9.97. The number of piperidine rings is 1. The number of fused-ring (bicyclic) bond motifs is 1. The molecule has 0 atom stereocenters. The number of nitrogens with one attached hydrogen (secondary N) is 1. The Hall–Kier alpha value is -2.44. The lowest BCUT2D eigenvalue weighted by Crippen LogP contribution is -2.43. The van der Waals surface area contributed by atoms with Gasteiger partial charge in [0.25, 0.3) is 5.91 Å². The van der Waals surface area contributed by atoms with Gasteiger partial charge in [-0.2, -0.15) is 0 Å². The second kappa shape index (κ2) is 8.06. The van der Waals surface area contributed by atoms with Crippen molar-refractivity contribution < 1.29 is 23.8 Å². The van der Waals surface area contributed by atoms with Crippen LogP contribution in [-0.4, -0.2) is 55.3 Å². The molecular weight excluding hydrogens is 348 g/mol. The Kier molecular flexibility index (Phi) is 5.77. The van der Waals surface area contributed by atoms with E-state index >= 15 is 0 Å². The van der Waals surface area contributed by atoms with Crippen LogP contribution in [0.4, 0.5) is 4.79 Å². The molecule has 1 N–H and O–H groups in total. The summed E-state index contributed by atoms with van der Waals surface area (Å²) in [6, 6.07) is 5.34. The molecule has 7 nitrogen and oxygen atoms in total. The molecule has 0 aliphatic carbocycles. The molecule has 7 heteroatoms. The largest absolute Gasteiger partial charge is 0.486 e. The van der Waals surface area contributed by atoms with Crippen molar-refractivity contribution in [1.29, 1.82) is 0 Å². The topological polar surface area (TPSA) is 77.1 Å². The van der Waals surface area contributed by atoms with Gasteiger partial charge in [-0.05, 0) is 51.7 Å². The van der Waals surface area contributed by atoms with Crippen LogP contribution in [0.3, 0.4) is 0 Å². The fraction of sp³-hybridized carbons (Fsp3) is 0.600. The summed E-state index contributed by atoms with van der Waals surface area (Å²) in [7, 11) is 0. The molecule has 0 spiro atoms. The van der Waals surface area contributed by atoms with Crippen molar-refractivity contribution in [3.8, 4) is 11.5 Å². The van der Waals surface area contributed by atoms with E-state index in [-0.39, 0.29) is 12.0 Å². The van der Waals surface area contributed by atoms with Gasteiger partial charge < -0.3 is 24.4 Å². The van der Waals surface area contributed by atoms with Crippen LogP contribution in [0.25, 0.3) is 0 Å². The Morgan fingerprint density at radius 1 is 1.19 bits per heavy atom. The van der Waals surface area contributed by atoms with Gasteiger partial charge in [-0.3, -0.25) is 4.79 Å². The van der Waals surface area contributed by atoms with E-state index in [2.05, 4.69) is 5.32 Å². The summed E-state index contributed by atoms with van der Waals surface area (Å²) in [6.07, 6.45) is 1.41. The summed E-state index contributed by atoms with van der Waals surface area (Å²) < 4.78 is 16.5. The number of hydrogen-bond acceptors (Lipinski definition) is 5. The van der Waals surface area contributed by atoms with Gasteiger partial charge in [-0.1, -0.05) is 6.07 Å². The average Bonchev–Trinajstić information content (AvgIpc) is 2.64. The highest BCUT2D eigenvalue weighted by Crippen LogP contribution is 2.33. The van der Waals surface area contributed by atoms with Crippen molar-refractivity contribution in [2.45, 2.75) is 39.2 Å². The Bertz CT molecular complexity index is 690. The maximum atomic E-state index is 12.6. The molecule has 2 amide bonds. The van der Waals surface area contributed by atoms with Gasteiger partial charge in [-0.25, -0.2) is 4.79 Å². The number of para-hydroxylation sites is 1. The molecular formula is C20H28N2O5. The van der Waals surface area contributed by atoms with Crippen LogP contribution in [0.1, 0.15) is 44.0 Å². The third-order valence-corrected chi connectivity index (χ3v) is 4.63. The van der Waals surface area contributed by atoms with E-state index in [4.69, 9.17) is 14.2 Å². The standard InChI is InChI=1S/C20H28N2O5/c1-20(2,3)27-19(24)22-9-7-14(8-10-22)13-21-18(23)15-5-4-6-16-17(15)26-12-11-25-16/h4-6,14H,7-13H2,1-3H3,(H,21,23). The van der Waals surface area contributed by atoms with Gasteiger partial charge >= 0.3 is 6.09 Å². The summed E-state index contributed by atoms with van der Waals surface area (Å²) in [5.41, 5.74) is 0.0149. The maximum absolute atomic E-state index is 12.6. The van der Waals surface area contributed by atoms with E-state index in [1.54, 1.807) is 23.1 Å². The molecule has 1 aromatic carbocycles. The molecule has 1 aromatic rings. The summed E-state index contributed by atoms with van der Waals surface area (Å²) >= 11 is 0. The number of rotatable bonds is 3. The predicted octanol–water partition coefficient (Wildman–Crippen LogP) is 2.83. The number of likely N-dealkylation sites (tertiary alicyclic amines) is 1. The highest BCUT2D eigenvalue weighted by Gasteiger charge is 2.27. The lowest BCUT2D eigenvalue weighted by Gasteiger charge is -2.33. The number of amides is 2. The molecule has 0 saturated carbocycles. The molecule has 27 heavy (non-hydrogen) atoms. The number of benzene rings is 1. The summed E-state index contributed by atoms with van der Waals surface area (Å²) in [6.45, 7) is 8.40. The van der Waals surface area contributed by atoms with Gasteiger partial charge in [0.1, 0.15) is 18.8 Å². The summed E-state index contributed by atoms with van der Waals surface area (Å²) in [4.78, 5) is 26.4. The summed E-state index contributed by atoms with van der Waals surface area (Å²) in [5.74, 6) is 1.30. The van der Waals surface area contributed by atoms with Gasteiger partial charge in [-0.15, -0.1) is 0 Å². The minimum absolute atomic E-state index is 0.160. The molecule has 148 valence electrons. The zero-order valence-electron chi connectivity index (χ0n) is 16.2. The van der Waals surface area contributed by atoms with Crippen molar-refractivity contribution in [3.63, 3.8) is 0 Å². The maximum Gasteiger partial charge on any atom is 0.410 e. The van der Waals surface area contributed by atoms with Crippen molar-refractivity contribution >= 4 is 12.0 Å². The number of ether oxygens (including phenoxy) is 3. The highest BCUT2D eigenvalue weighted by molar-refractivity contribution is 5.97. The second-order valence-electron chi connectivity index (χ2n) is 7.95. The zero-order valence-corrected chi connectivity index (χ0v) is 16.2. The second-order valence-corrected chi connectivity index (χ2v) is 7.95. The van der Waals surface area contributed by atoms with Crippen LogP contribution in [0.15, 0.2) is 18.2 Å². The van der Waals surface area contributed by atoms with Crippen LogP contribution >= 0.6 is 0 Å². The third-order valence-electron chi connectivity index (χ3n) is 4.63. The van der Waals surface area contributed by atoms with Gasteiger partial charge in [0, 0.05) is 19.6 Å². The van der Waals surface area contributed by atoms with Crippen molar-refractivity contribution in [3.05, 3.63) is 23.8 Å². The molecule has 2 aliphatic heterocycles. The third kappa shape index (κ3) is 5.05. The van der Waals surface area contributed by atoms with Gasteiger partial charge in [0.05, 0.1) is 5.56 Å². The fourth-order valence-electron chi connectivity index (χ4n) is 3.23. The molecule has 1 saturated heterocycles. The lowest BCUT2D eigenvalue weighted by molar-refractivity contribution is 0.0183. The van der Waals surface area contributed by atoms with Crippen LogP contribution in [0, 0.1) is 5.92 Å². The molecule has 1 fully saturated rings. The van der Waals surface area contributed by atoms with E-state index in [0.717, 1.165) is 12.8 Å². The summed E-state index contributed by atoms with van der Waals surface area (Å²) in [5, 5.41) is 2.99. The molecule has 0 aromatic heterocycles. The van der Waals surface area contributed by atoms with Crippen molar-refractivity contribution in [2.75, 3.05) is 32.8 Å². The van der Waals surface area contributed by atoms with Gasteiger partial charge in [0.15, 0.2) is 11.5 Å². The first-order valence-corrected chi connectivity index (χ1v) is 9.48. The molecule has 0 radical (unpaired) electrons. The molecule has 3 rings (SSSR count). The minimum Gasteiger partial charge on any atom is -0.486 e. The van der Waals surface area contributed by atoms with E-state index in [1.165, 1.54) is 0 Å². The number of nitrogens with zero attached hydrogens (tertiary/aromatic N) is 1. The number of hydrogen-bond donors (Lipinski definition) is 1. The minimum atomic E-state index is -0.484. The van der Waals surface area contributed by atoms with Crippen molar-refractivity contribution in [1.82, 2.24) is 10.2 Å². The fourth-order valence-corrected chi connectivity index (χ4v) is 3.23. The first-order chi connectivity index (χ1) is 12.8. The monoisotopic (exact) mass is 376 g/mol. The average molecular weight is 376 g/mol. The Morgan fingerprint density at radius 2 is 1.89 bits per heavy atom. The van der Waals surface area contributed by atoms with E-state index in [1.807, 2.05) is 20.8 Å².